The molecule has 420 valence electrons. The fraction of sp³-hybridized carbons (Fsp3) is 0.500. The van der Waals surface area contributed by atoms with E-state index in [1.807, 2.05) is 6.92 Å². The van der Waals surface area contributed by atoms with Crippen LogP contribution in [-0.4, -0.2) is 162 Å². The number of benzene rings is 2. The average Bonchev–Trinajstić information content (AvgIpc) is 3.88. The van der Waals surface area contributed by atoms with Gasteiger partial charge in [-0.3, -0.25) is 57.7 Å². The summed E-state index contributed by atoms with van der Waals surface area (Å²) in [5.41, 5.74) is 34.6. The van der Waals surface area contributed by atoms with E-state index in [9.17, 15) is 52.7 Å². The summed E-state index contributed by atoms with van der Waals surface area (Å²) < 4.78 is 5.56. The summed E-state index contributed by atoms with van der Waals surface area (Å²) in [5.74, 6) is -9.71. The smallest absolute Gasteiger partial charge is 0.246 e. The van der Waals surface area contributed by atoms with Gasteiger partial charge in [-0.25, -0.2) is 0 Å². The van der Waals surface area contributed by atoms with Crippen molar-refractivity contribution in [2.24, 2.45) is 39.4 Å². The number of rotatable bonds is 21. The molecule has 0 aliphatic carbocycles. The molecule has 0 bridgehead atoms. The van der Waals surface area contributed by atoms with E-state index in [1.165, 1.54) is 4.90 Å². The minimum absolute atomic E-state index is 0.00535. The highest BCUT2D eigenvalue weighted by atomic mass is 33.1. The van der Waals surface area contributed by atoms with Crippen molar-refractivity contribution >= 4 is 92.5 Å². The second-order valence-corrected chi connectivity index (χ2v) is 20.6. The van der Waals surface area contributed by atoms with Crippen LogP contribution in [0.2, 0.25) is 0 Å². The maximum Gasteiger partial charge on any atom is 0.246 e. The standard InChI is InChI=1S/C48H69N15O12S2/c1-2-75-28-14-12-27(13-15-28)21-32-44(71)60-33(20-26-8-4-3-5-9-26)43(70)57-31(16-17-37(50)64)42(69)61-34(22-38(51)65)45(72)62-35(25-77-76-24-29(49)40(67)59-32)47(74)63-19-7-11-36(63)46(73)58-30(10-6-18-55-48(53)54)41(68)56-23-39(52)66/h3-5,8-9,12-15,29-36H,2,6-7,10-11,16-25,49H2,1H3,(H2,50,64)(H2,51,65)(H2,52,66)(H,56,68)(H,57,70)(H,58,73)(H,59,67)(H,60,71)(H,61,69)(H,62,72)(H4,53,54,55)/t29-,30-,31+,32?,33?,34+,35?,36+/m1/s1. The molecule has 2 fully saturated rings. The van der Waals surface area contributed by atoms with E-state index in [0.717, 1.165) is 21.6 Å². The summed E-state index contributed by atoms with van der Waals surface area (Å²) in [5, 5.41) is 17.9. The Bertz CT molecular complexity index is 2450. The second-order valence-electron chi connectivity index (χ2n) is 18.0. The normalized spacial score (nSPS) is 22.3. The molecule has 11 amide bonds. The highest BCUT2D eigenvalue weighted by molar-refractivity contribution is 8.76. The van der Waals surface area contributed by atoms with Crippen LogP contribution in [0.3, 0.4) is 0 Å². The summed E-state index contributed by atoms with van der Waals surface area (Å²) in [6.45, 7) is 1.79. The first-order chi connectivity index (χ1) is 36.6. The molecule has 8 atom stereocenters. The van der Waals surface area contributed by atoms with Crippen LogP contribution in [-0.2, 0) is 65.6 Å². The molecule has 2 aliphatic rings. The molecular formula is C48H69N15O12S2. The van der Waals surface area contributed by atoms with E-state index in [0.29, 0.717) is 29.9 Å². The predicted molar refractivity (Wildman–Crippen MR) is 285 cm³/mol. The molecule has 2 aromatic rings. The number of carbonyl (C=O) groups excluding carboxylic acids is 11. The maximum absolute atomic E-state index is 14.6. The first-order valence-corrected chi connectivity index (χ1v) is 27.2. The van der Waals surface area contributed by atoms with Gasteiger partial charge in [0.2, 0.25) is 65.0 Å². The zero-order chi connectivity index (χ0) is 56.6. The first kappa shape index (κ1) is 61.9. The zero-order valence-electron chi connectivity index (χ0n) is 42.5. The number of nitrogens with one attached hydrogen (secondary N) is 7. The highest BCUT2D eigenvalue weighted by Crippen LogP contribution is 2.26. The number of aliphatic imine (C=N–C) groups is 1. The van der Waals surface area contributed by atoms with Crippen LogP contribution < -0.4 is 76.4 Å². The second kappa shape index (κ2) is 31.4. The summed E-state index contributed by atoms with van der Waals surface area (Å²) in [6, 6.07) is 3.96. The van der Waals surface area contributed by atoms with Gasteiger partial charge in [-0.15, -0.1) is 0 Å². The van der Waals surface area contributed by atoms with Gasteiger partial charge in [-0.1, -0.05) is 64.1 Å². The predicted octanol–water partition coefficient (Wildman–Crippen LogP) is -4.71. The number of primary amides is 3. The topological polar surface area (TPSA) is 453 Å². The van der Waals surface area contributed by atoms with Crippen LogP contribution in [0.4, 0.5) is 0 Å². The van der Waals surface area contributed by atoms with E-state index >= 15 is 0 Å². The lowest BCUT2D eigenvalue weighted by Gasteiger charge is -2.31. The van der Waals surface area contributed by atoms with Crippen molar-refractivity contribution in [2.75, 3.05) is 37.7 Å². The molecular weight excluding hydrogens is 1040 g/mol. The molecule has 0 spiro atoms. The van der Waals surface area contributed by atoms with Gasteiger partial charge in [0.05, 0.1) is 25.6 Å². The van der Waals surface area contributed by atoms with Crippen LogP contribution >= 0.6 is 21.6 Å². The number of ether oxygens (including phenoxy) is 1. The Morgan fingerprint density at radius 2 is 1.31 bits per heavy atom. The summed E-state index contributed by atoms with van der Waals surface area (Å²) in [6.07, 6.45) is -1.26. The number of nitrogens with two attached hydrogens (primary N) is 6. The van der Waals surface area contributed by atoms with E-state index < -0.39 is 139 Å². The van der Waals surface area contributed by atoms with Crippen molar-refractivity contribution in [3.8, 4) is 5.75 Å². The molecule has 0 aromatic heterocycles. The fourth-order valence-corrected chi connectivity index (χ4v) is 10.3. The summed E-state index contributed by atoms with van der Waals surface area (Å²) in [4.78, 5) is 154. The molecule has 3 unspecified atom stereocenters. The Hall–Kier alpha value is -7.66. The van der Waals surface area contributed by atoms with Gasteiger partial charge in [-0.05, 0) is 62.3 Å². The van der Waals surface area contributed by atoms with Crippen LogP contribution in [0.25, 0.3) is 0 Å². The number of hydrogen-bond acceptors (Lipinski definition) is 16. The number of amides is 11. The number of hydrogen-bond donors (Lipinski definition) is 13. The molecule has 2 saturated heterocycles. The van der Waals surface area contributed by atoms with Crippen molar-refractivity contribution in [1.82, 2.24) is 42.1 Å². The quantitative estimate of drug-likeness (QED) is 0.0242. The number of carbonyl (C=O) groups is 11. The Morgan fingerprint density at radius 1 is 0.727 bits per heavy atom. The monoisotopic (exact) mass is 1110 g/mol. The fourth-order valence-electron chi connectivity index (χ4n) is 8.06. The van der Waals surface area contributed by atoms with E-state index in [1.54, 1.807) is 54.6 Å². The van der Waals surface area contributed by atoms with Crippen LogP contribution in [0.5, 0.6) is 5.75 Å². The minimum Gasteiger partial charge on any atom is -0.494 e. The van der Waals surface area contributed by atoms with Gasteiger partial charge in [0, 0.05) is 43.9 Å². The maximum atomic E-state index is 14.6. The molecule has 4 rings (SSSR count). The molecule has 0 radical (unpaired) electrons. The lowest BCUT2D eigenvalue weighted by atomic mass is 10.0. The average molecular weight is 1110 g/mol. The van der Waals surface area contributed by atoms with Crippen molar-refractivity contribution < 1.29 is 57.5 Å². The van der Waals surface area contributed by atoms with Crippen LogP contribution in [0.1, 0.15) is 63.0 Å². The molecule has 19 N–H and O–H groups in total. The third-order valence-corrected chi connectivity index (χ3v) is 14.4. The van der Waals surface area contributed by atoms with E-state index in [2.05, 4.69) is 42.2 Å². The Labute approximate surface area is 452 Å². The molecule has 29 heteroatoms. The zero-order valence-corrected chi connectivity index (χ0v) is 44.1. The van der Waals surface area contributed by atoms with Crippen molar-refractivity contribution in [3.63, 3.8) is 0 Å². The van der Waals surface area contributed by atoms with Crippen LogP contribution in [0, 0.1) is 0 Å². The van der Waals surface area contributed by atoms with Gasteiger partial charge < -0.3 is 81.3 Å². The van der Waals surface area contributed by atoms with E-state index in [4.69, 9.17) is 39.1 Å². The largest absolute Gasteiger partial charge is 0.494 e. The third-order valence-electron chi connectivity index (χ3n) is 11.9. The number of guanidine groups is 1. The van der Waals surface area contributed by atoms with E-state index in [-0.39, 0.29) is 62.7 Å². The lowest BCUT2D eigenvalue weighted by molar-refractivity contribution is -0.142. The Kier molecular flexibility index (Phi) is 25.2. The van der Waals surface area contributed by atoms with Gasteiger partial charge >= 0.3 is 0 Å². The number of likely N-dealkylation sites (tertiary alicyclic amines) is 1. The summed E-state index contributed by atoms with van der Waals surface area (Å²) in [7, 11) is 2.03. The highest BCUT2D eigenvalue weighted by Gasteiger charge is 2.40. The van der Waals surface area contributed by atoms with Crippen LogP contribution in [0.15, 0.2) is 59.6 Å². The molecule has 2 heterocycles. The van der Waals surface area contributed by atoms with Gasteiger partial charge in [-0.2, -0.15) is 0 Å². The minimum atomic E-state index is -1.79. The number of nitrogens with zero attached hydrogens (tertiary/aromatic N) is 2. The molecule has 2 aliphatic heterocycles. The van der Waals surface area contributed by atoms with Gasteiger partial charge in [0.1, 0.15) is 48.0 Å². The van der Waals surface area contributed by atoms with Crippen molar-refractivity contribution in [2.45, 2.75) is 113 Å². The first-order valence-electron chi connectivity index (χ1n) is 24.7. The molecule has 77 heavy (non-hydrogen) atoms. The van der Waals surface area contributed by atoms with Gasteiger partial charge in [0.25, 0.3) is 0 Å². The molecule has 2 aromatic carbocycles. The lowest BCUT2D eigenvalue weighted by Crippen LogP contribution is -2.61. The molecule has 27 nitrogen and oxygen atoms in total. The molecule has 0 saturated carbocycles. The summed E-state index contributed by atoms with van der Waals surface area (Å²) >= 11 is 0. The third kappa shape index (κ3) is 21.1. The van der Waals surface area contributed by atoms with Crippen molar-refractivity contribution in [3.05, 3.63) is 65.7 Å². The Balaban J connectivity index is 1.72. The SMILES string of the molecule is CCOc1ccc(CC2NC(=O)[C@H](N)CSSCC(C(=O)N3CCC[C@H]3C(=O)N[C@H](CCCN=C(N)N)C(=O)NCC(N)=O)NC(=O)[C@H](CC(N)=O)NC(=O)[C@H](CCC(N)=O)NC(=O)C(Cc3ccccc3)NC2=O)cc1. The van der Waals surface area contributed by atoms with Crippen molar-refractivity contribution in [1.29, 1.82) is 0 Å². The Morgan fingerprint density at radius 3 is 1.92 bits per heavy atom. The van der Waals surface area contributed by atoms with Gasteiger partial charge in [0.15, 0.2) is 5.96 Å².